The summed E-state index contributed by atoms with van der Waals surface area (Å²) in [7, 11) is 0. The van der Waals surface area contributed by atoms with E-state index in [4.69, 9.17) is 0 Å². The first-order valence-corrected chi connectivity index (χ1v) is 28.5. The molecule has 14 aromatic rings. The number of para-hydroxylation sites is 2. The monoisotopic (exact) mass is 1040 g/mol. The fraction of sp³-hybridized carbons (Fsp3) is 0.0250. The maximum Gasteiger partial charge on any atom is 0.0742 e. The average Bonchev–Trinajstić information content (AvgIpc) is 3.68. The maximum atomic E-state index is 2.52. The molecule has 0 spiro atoms. The van der Waals surface area contributed by atoms with Crippen molar-refractivity contribution in [1.82, 2.24) is 4.57 Å². The summed E-state index contributed by atoms with van der Waals surface area (Å²) in [5, 5.41) is 2.51. The summed E-state index contributed by atoms with van der Waals surface area (Å²) in [6.07, 6.45) is 0. The first-order valence-electron chi connectivity index (χ1n) is 28.5. The topological polar surface area (TPSA) is 8.17 Å². The highest BCUT2D eigenvalue weighted by atomic mass is 15.1. The lowest BCUT2D eigenvalue weighted by Gasteiger charge is -2.41. The van der Waals surface area contributed by atoms with Crippen molar-refractivity contribution in [3.05, 3.63) is 372 Å². The van der Waals surface area contributed by atoms with Crippen LogP contribution in [-0.4, -0.2) is 4.57 Å². The van der Waals surface area contributed by atoms with Gasteiger partial charge in [-0.3, -0.25) is 0 Å². The van der Waals surface area contributed by atoms with Gasteiger partial charge in [0.15, 0.2) is 0 Å². The molecule has 0 saturated carbocycles. The van der Waals surface area contributed by atoms with Crippen LogP contribution in [0, 0.1) is 0 Å². The molecule has 2 aliphatic rings. The van der Waals surface area contributed by atoms with Crippen LogP contribution in [-0.2, 0) is 10.8 Å². The zero-order valence-corrected chi connectivity index (χ0v) is 45.1. The third kappa shape index (κ3) is 7.14. The molecule has 0 bridgehead atoms. The molecule has 0 radical (unpaired) electrons. The van der Waals surface area contributed by atoms with Gasteiger partial charge in [0.1, 0.15) is 0 Å². The number of rotatable bonds is 10. The molecule has 0 fully saturated rings. The summed E-state index contributed by atoms with van der Waals surface area (Å²) in [6.45, 7) is 0. The van der Waals surface area contributed by atoms with E-state index >= 15 is 0 Å². The van der Waals surface area contributed by atoms with Gasteiger partial charge < -0.3 is 9.47 Å². The highest BCUT2D eigenvalue weighted by Crippen LogP contribution is 2.58. The third-order valence-corrected chi connectivity index (χ3v) is 17.8. The van der Waals surface area contributed by atoms with Gasteiger partial charge >= 0.3 is 0 Å². The molecule has 2 heteroatoms. The Hall–Kier alpha value is -10.5. The van der Waals surface area contributed by atoms with Crippen molar-refractivity contribution < 1.29 is 0 Å². The van der Waals surface area contributed by atoms with Crippen molar-refractivity contribution in [3.63, 3.8) is 0 Å². The highest BCUT2D eigenvalue weighted by Gasteiger charge is 2.47. The van der Waals surface area contributed by atoms with E-state index in [-0.39, 0.29) is 0 Å². The lowest BCUT2D eigenvalue weighted by Crippen LogP contribution is -2.35. The Balaban J connectivity index is 0.781. The number of hydrogen-bond donors (Lipinski definition) is 0. The quantitative estimate of drug-likeness (QED) is 0.133. The van der Waals surface area contributed by atoms with E-state index in [0.717, 1.165) is 22.6 Å². The number of benzene rings is 13. The van der Waals surface area contributed by atoms with Crippen LogP contribution in [0.2, 0.25) is 0 Å². The first-order chi connectivity index (χ1) is 40.7. The summed E-state index contributed by atoms with van der Waals surface area (Å²) >= 11 is 0. The van der Waals surface area contributed by atoms with Gasteiger partial charge in [0.05, 0.1) is 27.6 Å². The lowest BCUT2D eigenvalue weighted by molar-refractivity contribution is 0.728. The van der Waals surface area contributed by atoms with Crippen LogP contribution < -0.4 is 4.90 Å². The van der Waals surface area contributed by atoms with Crippen molar-refractivity contribution in [3.8, 4) is 50.2 Å². The second-order valence-corrected chi connectivity index (χ2v) is 21.9. The van der Waals surface area contributed by atoms with Gasteiger partial charge in [0, 0.05) is 27.8 Å². The van der Waals surface area contributed by atoms with Crippen LogP contribution in [0.4, 0.5) is 17.1 Å². The van der Waals surface area contributed by atoms with Gasteiger partial charge in [0.2, 0.25) is 0 Å². The average molecular weight is 1040 g/mol. The molecule has 1 aromatic heterocycles. The zero-order valence-electron chi connectivity index (χ0n) is 45.1. The van der Waals surface area contributed by atoms with Crippen molar-refractivity contribution in [2.24, 2.45) is 0 Å². The second kappa shape index (κ2) is 19.1. The Labute approximate surface area is 478 Å². The van der Waals surface area contributed by atoms with E-state index in [0.29, 0.717) is 0 Å². The van der Waals surface area contributed by atoms with E-state index in [9.17, 15) is 0 Å². The number of aromatic nitrogens is 1. The van der Waals surface area contributed by atoms with Crippen LogP contribution in [0.5, 0.6) is 0 Å². The number of anilines is 3. The minimum Gasteiger partial charge on any atom is -0.310 e. The standard InChI is InChI=1S/C80H54N2/c1-6-21-55(22-7-1)57-41-46-65(47-42-57)81(67-50-51-69-68-31-16-17-33-72(68)79(75(69)54-67,61-23-8-2-9-24-61)62-25-10-3-11-26-62)66-48-43-58(44-49-66)56-37-39-59(40-38-56)60-45-52-76-71(53-60)70-32-20-35-74-78(70)82(76)77-36-19-18-34-73(77)80(74,63-27-12-4-13-28-63)64-29-14-5-15-30-64/h1-54H. The molecule has 0 unspecified atom stereocenters. The molecule has 16 rings (SSSR count). The summed E-state index contributed by atoms with van der Waals surface area (Å²) in [4.78, 5) is 2.42. The van der Waals surface area contributed by atoms with Crippen molar-refractivity contribution >= 4 is 38.9 Å². The predicted molar refractivity (Wildman–Crippen MR) is 341 cm³/mol. The smallest absolute Gasteiger partial charge is 0.0742 e. The Bertz CT molecular complexity index is 4600. The SMILES string of the molecule is c1ccc(-c2ccc(N(c3ccc(-c4ccc(-c5ccc6c(c5)c5cccc7c5n6-c5ccccc5C7(c5ccccc5)c5ccccc5)cc4)cc3)c3ccc4c(c3)C(c3ccccc3)(c3ccccc3)c3ccccc3-4)cc2)cc1. The summed E-state index contributed by atoms with van der Waals surface area (Å²) < 4.78 is 2.52. The molecular formula is C80H54N2. The summed E-state index contributed by atoms with van der Waals surface area (Å²) in [5.74, 6) is 0. The summed E-state index contributed by atoms with van der Waals surface area (Å²) in [5.41, 5.74) is 25.7. The van der Waals surface area contributed by atoms with Crippen LogP contribution in [0.3, 0.4) is 0 Å². The first kappa shape index (κ1) is 47.5. The highest BCUT2D eigenvalue weighted by molar-refractivity contribution is 6.13. The van der Waals surface area contributed by atoms with Crippen molar-refractivity contribution in [2.75, 3.05) is 4.90 Å². The second-order valence-electron chi connectivity index (χ2n) is 21.9. The molecule has 1 aliphatic carbocycles. The van der Waals surface area contributed by atoms with Gasteiger partial charge in [-0.15, -0.1) is 0 Å². The van der Waals surface area contributed by atoms with Crippen LogP contribution >= 0.6 is 0 Å². The van der Waals surface area contributed by atoms with E-state index in [1.807, 2.05) is 0 Å². The minimum atomic E-state index is -0.518. The van der Waals surface area contributed by atoms with E-state index in [1.165, 1.54) is 111 Å². The number of nitrogens with zero attached hydrogens (tertiary/aromatic N) is 2. The molecule has 1 aliphatic heterocycles. The Morgan fingerprint density at radius 3 is 1.21 bits per heavy atom. The Kier molecular flexibility index (Phi) is 11.0. The van der Waals surface area contributed by atoms with Gasteiger partial charge in [-0.25, -0.2) is 0 Å². The number of hydrogen-bond acceptors (Lipinski definition) is 1. The maximum absolute atomic E-state index is 2.52. The molecule has 82 heavy (non-hydrogen) atoms. The van der Waals surface area contributed by atoms with Gasteiger partial charge in [-0.2, -0.15) is 0 Å². The zero-order chi connectivity index (χ0) is 54.2. The van der Waals surface area contributed by atoms with Crippen molar-refractivity contribution in [2.45, 2.75) is 10.8 Å². The molecule has 0 N–H and O–H groups in total. The lowest BCUT2D eigenvalue weighted by atomic mass is 9.63. The minimum absolute atomic E-state index is 0.501. The molecule has 0 atom stereocenters. The van der Waals surface area contributed by atoms with E-state index in [2.05, 4.69) is 337 Å². The largest absolute Gasteiger partial charge is 0.310 e. The fourth-order valence-electron chi connectivity index (χ4n) is 14.2. The normalized spacial score (nSPS) is 13.3. The fourth-order valence-corrected chi connectivity index (χ4v) is 14.2. The molecule has 0 saturated heterocycles. The van der Waals surface area contributed by atoms with Crippen LogP contribution in [0.15, 0.2) is 328 Å². The van der Waals surface area contributed by atoms with Crippen molar-refractivity contribution in [1.29, 1.82) is 0 Å². The van der Waals surface area contributed by atoms with Gasteiger partial charge in [-0.05, 0) is 144 Å². The Morgan fingerprint density at radius 2 is 0.646 bits per heavy atom. The Morgan fingerprint density at radius 1 is 0.244 bits per heavy atom. The molecule has 2 nitrogen and oxygen atoms in total. The molecule has 0 amide bonds. The molecular weight excluding hydrogens is 989 g/mol. The molecule has 13 aromatic carbocycles. The van der Waals surface area contributed by atoms with Gasteiger partial charge in [0.25, 0.3) is 0 Å². The molecule has 384 valence electrons. The van der Waals surface area contributed by atoms with E-state index < -0.39 is 10.8 Å². The van der Waals surface area contributed by atoms with E-state index in [1.54, 1.807) is 0 Å². The number of fused-ring (bicyclic) bond motifs is 8. The third-order valence-electron chi connectivity index (χ3n) is 17.8. The summed E-state index contributed by atoms with van der Waals surface area (Å²) in [6, 6.07) is 121. The van der Waals surface area contributed by atoms with Crippen LogP contribution in [0.25, 0.3) is 72.0 Å². The molecule has 2 heterocycles. The predicted octanol–water partition coefficient (Wildman–Crippen LogP) is 20.3. The van der Waals surface area contributed by atoms with Gasteiger partial charge in [-0.1, -0.05) is 273 Å². The van der Waals surface area contributed by atoms with Crippen LogP contribution in [0.1, 0.15) is 44.5 Å².